The first-order chi connectivity index (χ1) is 16.1. The van der Waals surface area contributed by atoms with Gasteiger partial charge in [0.2, 0.25) is 5.91 Å². The van der Waals surface area contributed by atoms with Crippen LogP contribution in [0.5, 0.6) is 5.75 Å². The monoisotopic (exact) mass is 482 g/mol. The quantitative estimate of drug-likeness (QED) is 0.352. The molecule has 4 rings (SSSR count). The van der Waals surface area contributed by atoms with E-state index in [9.17, 15) is 9.18 Å². The molecule has 1 heterocycles. The van der Waals surface area contributed by atoms with Crippen LogP contribution < -0.4 is 10.1 Å². The van der Waals surface area contributed by atoms with Crippen molar-refractivity contribution in [2.75, 3.05) is 12.9 Å². The molecule has 0 saturated carbocycles. The zero-order valence-corrected chi connectivity index (χ0v) is 19.2. The summed E-state index contributed by atoms with van der Waals surface area (Å²) in [5.41, 5.74) is 1.76. The number of carbonyl (C=O) groups is 1. The highest BCUT2D eigenvalue weighted by Crippen LogP contribution is 2.32. The van der Waals surface area contributed by atoms with Gasteiger partial charge in [-0.2, -0.15) is 0 Å². The molecule has 0 aliphatic carbocycles. The lowest BCUT2D eigenvalue weighted by atomic mass is 10.2. The molecule has 0 fully saturated rings. The summed E-state index contributed by atoms with van der Waals surface area (Å²) in [6.07, 6.45) is 0. The average Bonchev–Trinajstić information content (AvgIpc) is 3.25. The van der Waals surface area contributed by atoms with E-state index in [-0.39, 0.29) is 17.3 Å². The summed E-state index contributed by atoms with van der Waals surface area (Å²) in [7, 11) is 1.59. The molecule has 3 aromatic carbocycles. The van der Waals surface area contributed by atoms with Gasteiger partial charge in [0.1, 0.15) is 11.6 Å². The van der Waals surface area contributed by atoms with E-state index in [4.69, 9.17) is 16.3 Å². The third-order valence-corrected chi connectivity index (χ3v) is 6.10. The van der Waals surface area contributed by atoms with Gasteiger partial charge in [-0.15, -0.1) is 10.2 Å². The van der Waals surface area contributed by atoms with Gasteiger partial charge >= 0.3 is 0 Å². The number of hydrogen-bond donors (Lipinski definition) is 1. The van der Waals surface area contributed by atoms with Crippen molar-refractivity contribution < 1.29 is 13.9 Å². The molecule has 168 valence electrons. The Kier molecular flexibility index (Phi) is 7.26. The van der Waals surface area contributed by atoms with Crippen LogP contribution in [0.3, 0.4) is 0 Å². The number of benzene rings is 3. The smallest absolute Gasteiger partial charge is 0.230 e. The van der Waals surface area contributed by atoms with E-state index >= 15 is 0 Å². The lowest BCUT2D eigenvalue weighted by Crippen LogP contribution is -2.25. The minimum absolute atomic E-state index is 0.0737. The second-order valence-electron chi connectivity index (χ2n) is 6.95. The number of hydrogen-bond acceptors (Lipinski definition) is 5. The second-order valence-corrected chi connectivity index (χ2v) is 8.30. The van der Waals surface area contributed by atoms with Crippen LogP contribution in [-0.2, 0) is 11.3 Å². The van der Waals surface area contributed by atoms with Crippen LogP contribution in [0.4, 0.5) is 4.39 Å². The zero-order chi connectivity index (χ0) is 23.2. The summed E-state index contributed by atoms with van der Waals surface area (Å²) in [6, 6.07) is 20.9. The molecule has 33 heavy (non-hydrogen) atoms. The Balaban J connectivity index is 1.56. The fourth-order valence-corrected chi connectivity index (χ4v) is 4.25. The van der Waals surface area contributed by atoms with Crippen molar-refractivity contribution in [2.45, 2.75) is 11.7 Å². The number of amides is 1. The van der Waals surface area contributed by atoms with Crippen LogP contribution in [0.2, 0.25) is 5.02 Å². The average molecular weight is 483 g/mol. The van der Waals surface area contributed by atoms with Gasteiger partial charge in [0.25, 0.3) is 0 Å². The highest BCUT2D eigenvalue weighted by Gasteiger charge is 2.20. The largest absolute Gasteiger partial charge is 0.496 e. The molecule has 1 aromatic heterocycles. The van der Waals surface area contributed by atoms with E-state index in [1.165, 1.54) is 6.07 Å². The Morgan fingerprint density at radius 2 is 1.79 bits per heavy atom. The van der Waals surface area contributed by atoms with Crippen LogP contribution in [-0.4, -0.2) is 33.5 Å². The van der Waals surface area contributed by atoms with E-state index < -0.39 is 5.82 Å². The fraction of sp³-hybridized carbons (Fsp3) is 0.125. The Morgan fingerprint density at radius 3 is 2.58 bits per heavy atom. The molecule has 0 radical (unpaired) electrons. The van der Waals surface area contributed by atoms with E-state index in [0.717, 1.165) is 17.3 Å². The van der Waals surface area contributed by atoms with Gasteiger partial charge in [-0.25, -0.2) is 4.39 Å². The molecular formula is C24H20ClFN4O2S. The highest BCUT2D eigenvalue weighted by molar-refractivity contribution is 7.99. The number of nitrogens with zero attached hydrogens (tertiary/aromatic N) is 3. The fourth-order valence-electron chi connectivity index (χ4n) is 3.25. The number of rotatable bonds is 8. The zero-order valence-electron chi connectivity index (χ0n) is 17.7. The van der Waals surface area contributed by atoms with Crippen LogP contribution in [0.1, 0.15) is 5.56 Å². The normalized spacial score (nSPS) is 10.8. The van der Waals surface area contributed by atoms with Gasteiger partial charge in [-0.3, -0.25) is 9.36 Å². The van der Waals surface area contributed by atoms with E-state index in [2.05, 4.69) is 15.5 Å². The molecule has 9 heteroatoms. The van der Waals surface area contributed by atoms with Gasteiger partial charge in [0.05, 0.1) is 23.6 Å². The Hall–Kier alpha value is -3.36. The maximum absolute atomic E-state index is 14.7. The molecule has 0 bridgehead atoms. The van der Waals surface area contributed by atoms with E-state index in [1.807, 2.05) is 30.3 Å². The topological polar surface area (TPSA) is 69.0 Å². The summed E-state index contributed by atoms with van der Waals surface area (Å²) in [4.78, 5) is 12.5. The molecule has 0 spiro atoms. The third-order valence-electron chi connectivity index (χ3n) is 4.84. The van der Waals surface area contributed by atoms with Crippen molar-refractivity contribution in [1.82, 2.24) is 20.1 Å². The number of para-hydroxylation sites is 2. The number of nitrogens with one attached hydrogen (secondary N) is 1. The molecular weight excluding hydrogens is 463 g/mol. The lowest BCUT2D eigenvalue weighted by Gasteiger charge is -2.12. The number of aromatic nitrogens is 3. The summed E-state index contributed by atoms with van der Waals surface area (Å²) in [5, 5.41) is 12.2. The number of methoxy groups -OCH3 is 1. The number of halogens is 2. The number of carbonyl (C=O) groups excluding carboxylic acids is 1. The molecule has 0 saturated heterocycles. The molecule has 1 N–H and O–H groups in total. The Labute approximate surface area is 199 Å². The molecule has 6 nitrogen and oxygen atoms in total. The van der Waals surface area contributed by atoms with Gasteiger partial charge < -0.3 is 10.1 Å². The van der Waals surface area contributed by atoms with Gasteiger partial charge in [-0.05, 0) is 30.3 Å². The lowest BCUT2D eigenvalue weighted by molar-refractivity contribution is -0.118. The van der Waals surface area contributed by atoms with Crippen molar-refractivity contribution in [3.8, 4) is 22.8 Å². The minimum Gasteiger partial charge on any atom is -0.496 e. The maximum atomic E-state index is 14.7. The van der Waals surface area contributed by atoms with Crippen molar-refractivity contribution in [3.05, 3.63) is 89.2 Å². The summed E-state index contributed by atoms with van der Waals surface area (Å²) in [5.74, 6) is 0.530. The summed E-state index contributed by atoms with van der Waals surface area (Å²) < 4.78 is 21.6. The van der Waals surface area contributed by atoms with Crippen LogP contribution in [0, 0.1) is 5.82 Å². The SMILES string of the molecule is COc1ccccc1CNC(=O)CSc1nnc(-c2ccccc2Cl)n1-c1ccccc1F. The first kappa shape index (κ1) is 22.8. The van der Waals surface area contributed by atoms with E-state index in [1.54, 1.807) is 48.1 Å². The standard InChI is InChI=1S/C24H20ClFN4O2S/c1-32-21-13-7-2-8-16(21)14-27-22(31)15-33-24-29-28-23(17-9-3-4-10-18(17)25)30(24)20-12-6-5-11-19(20)26/h2-13H,14-15H2,1H3,(H,27,31). The second kappa shape index (κ2) is 10.5. The molecule has 0 aliphatic heterocycles. The van der Waals surface area contributed by atoms with Gasteiger partial charge in [0.15, 0.2) is 11.0 Å². The third kappa shape index (κ3) is 5.18. The predicted molar refractivity (Wildman–Crippen MR) is 127 cm³/mol. The molecule has 1 amide bonds. The first-order valence-electron chi connectivity index (χ1n) is 10.0. The van der Waals surface area contributed by atoms with E-state index in [0.29, 0.717) is 33.9 Å². The molecule has 0 aliphatic rings. The van der Waals surface area contributed by atoms with Crippen molar-refractivity contribution in [2.24, 2.45) is 0 Å². The van der Waals surface area contributed by atoms with Gasteiger partial charge in [0, 0.05) is 17.7 Å². The van der Waals surface area contributed by atoms with Crippen molar-refractivity contribution in [1.29, 1.82) is 0 Å². The first-order valence-corrected chi connectivity index (χ1v) is 11.4. The highest BCUT2D eigenvalue weighted by atomic mass is 35.5. The Morgan fingerprint density at radius 1 is 1.06 bits per heavy atom. The number of ether oxygens (including phenoxy) is 1. The number of thioether (sulfide) groups is 1. The molecule has 0 unspecified atom stereocenters. The maximum Gasteiger partial charge on any atom is 0.230 e. The van der Waals surface area contributed by atoms with Crippen molar-refractivity contribution in [3.63, 3.8) is 0 Å². The molecule has 4 aromatic rings. The Bertz CT molecular complexity index is 1280. The minimum atomic E-state index is -0.437. The van der Waals surface area contributed by atoms with Gasteiger partial charge in [-0.1, -0.05) is 65.8 Å². The predicted octanol–water partition coefficient (Wildman–Crippen LogP) is 5.14. The van der Waals surface area contributed by atoms with Crippen LogP contribution in [0.25, 0.3) is 17.1 Å². The molecule has 0 atom stereocenters. The summed E-state index contributed by atoms with van der Waals surface area (Å²) in [6.45, 7) is 0.328. The van der Waals surface area contributed by atoms with Crippen molar-refractivity contribution >= 4 is 29.3 Å². The van der Waals surface area contributed by atoms with Crippen LogP contribution >= 0.6 is 23.4 Å². The summed E-state index contributed by atoms with van der Waals surface area (Å²) >= 11 is 7.52. The van der Waals surface area contributed by atoms with Crippen LogP contribution in [0.15, 0.2) is 78.0 Å².